The number of nitrogens with zero attached hydrogens (tertiary/aromatic N) is 4. The van der Waals surface area contributed by atoms with Gasteiger partial charge in [0.2, 0.25) is 0 Å². The molecule has 1 N–H and O–H groups in total. The Morgan fingerprint density at radius 1 is 1.29 bits per heavy atom. The first-order valence-electron chi connectivity index (χ1n) is 4.75. The van der Waals surface area contributed by atoms with Crippen molar-refractivity contribution in [2.45, 2.75) is 0 Å². The van der Waals surface area contributed by atoms with Crippen LogP contribution in [0.4, 0.5) is 4.39 Å². The van der Waals surface area contributed by atoms with E-state index >= 15 is 0 Å². The number of nitrogens with one attached hydrogen (secondary N) is 1. The maximum absolute atomic E-state index is 13.0. The summed E-state index contributed by atoms with van der Waals surface area (Å²) in [6.45, 7) is 0. The highest BCUT2D eigenvalue weighted by molar-refractivity contribution is 7.13. The third-order valence-corrected chi connectivity index (χ3v) is 2.97. The number of pyridine rings is 1. The number of halogens is 1. The summed E-state index contributed by atoms with van der Waals surface area (Å²) in [7, 11) is 0. The van der Waals surface area contributed by atoms with Crippen LogP contribution in [0.25, 0.3) is 22.1 Å². The Labute approximate surface area is 99.4 Å². The lowest BCUT2D eigenvalue weighted by Gasteiger charge is -1.94. The van der Waals surface area contributed by atoms with Crippen molar-refractivity contribution in [1.82, 2.24) is 25.1 Å². The van der Waals surface area contributed by atoms with Gasteiger partial charge in [-0.15, -0.1) is 11.3 Å². The molecule has 3 heterocycles. The van der Waals surface area contributed by atoms with E-state index in [2.05, 4.69) is 25.1 Å². The van der Waals surface area contributed by atoms with Gasteiger partial charge in [0.15, 0.2) is 10.8 Å². The number of hydrogen-bond acceptors (Lipinski definition) is 5. The molecule has 0 bridgehead atoms. The molecule has 84 valence electrons. The Bertz CT molecular complexity index is 634. The lowest BCUT2D eigenvalue weighted by Crippen LogP contribution is -1.84. The lowest BCUT2D eigenvalue weighted by molar-refractivity contribution is 0.622. The van der Waals surface area contributed by atoms with E-state index in [0.29, 0.717) is 22.1 Å². The van der Waals surface area contributed by atoms with Crippen molar-refractivity contribution in [2.75, 3.05) is 0 Å². The normalized spacial score (nSPS) is 10.6. The van der Waals surface area contributed by atoms with Crippen molar-refractivity contribution in [2.24, 2.45) is 0 Å². The molecule has 0 amide bonds. The summed E-state index contributed by atoms with van der Waals surface area (Å²) in [5.41, 5.74) is 1.32. The summed E-state index contributed by atoms with van der Waals surface area (Å²) in [6, 6.07) is 1.40. The molecule has 5 nitrogen and oxygen atoms in total. The predicted octanol–water partition coefficient (Wildman–Crippen LogP) is 2.13. The maximum atomic E-state index is 13.0. The molecule has 0 aliphatic heterocycles. The topological polar surface area (TPSA) is 67.3 Å². The molecule has 0 radical (unpaired) electrons. The van der Waals surface area contributed by atoms with Gasteiger partial charge in [-0.05, 0) is 6.07 Å². The molecule has 0 saturated carbocycles. The van der Waals surface area contributed by atoms with Crippen LogP contribution in [0.1, 0.15) is 0 Å². The molecule has 0 aliphatic carbocycles. The summed E-state index contributed by atoms with van der Waals surface area (Å²) >= 11 is 1.41. The highest BCUT2D eigenvalue weighted by Gasteiger charge is 2.09. The predicted molar refractivity (Wildman–Crippen MR) is 60.7 cm³/mol. The van der Waals surface area contributed by atoms with Crippen molar-refractivity contribution < 1.29 is 4.39 Å². The Morgan fingerprint density at radius 3 is 3.00 bits per heavy atom. The van der Waals surface area contributed by atoms with E-state index in [4.69, 9.17) is 0 Å². The molecule has 0 fully saturated rings. The molecule has 0 unspecified atom stereocenters. The zero-order valence-electron chi connectivity index (χ0n) is 8.46. The average molecular weight is 247 g/mol. The number of thiazole rings is 1. The molecule has 0 aromatic carbocycles. The van der Waals surface area contributed by atoms with Crippen LogP contribution in [-0.4, -0.2) is 25.1 Å². The Hall–Kier alpha value is -2.15. The second kappa shape index (κ2) is 4.02. The molecule has 0 atom stereocenters. The monoisotopic (exact) mass is 247 g/mol. The molecule has 0 spiro atoms. The molecule has 7 heteroatoms. The van der Waals surface area contributed by atoms with Crippen LogP contribution in [0.3, 0.4) is 0 Å². The van der Waals surface area contributed by atoms with Gasteiger partial charge in [0.05, 0.1) is 11.9 Å². The average Bonchev–Trinajstić information content (AvgIpc) is 3.00. The largest absolute Gasteiger partial charge is 0.261 e. The van der Waals surface area contributed by atoms with Crippen LogP contribution >= 0.6 is 11.3 Å². The first-order valence-corrected chi connectivity index (χ1v) is 5.63. The van der Waals surface area contributed by atoms with Crippen LogP contribution in [-0.2, 0) is 0 Å². The fourth-order valence-corrected chi connectivity index (χ4v) is 2.15. The maximum Gasteiger partial charge on any atom is 0.184 e. The zero-order valence-corrected chi connectivity index (χ0v) is 9.28. The van der Waals surface area contributed by atoms with E-state index in [9.17, 15) is 4.39 Å². The van der Waals surface area contributed by atoms with Crippen molar-refractivity contribution in [1.29, 1.82) is 0 Å². The van der Waals surface area contributed by atoms with Crippen molar-refractivity contribution in [3.63, 3.8) is 0 Å². The fraction of sp³-hybridized carbons (Fsp3) is 0. The SMILES string of the molecule is Fc1cncc(-c2csc(-c3ncn[nH]3)n2)c1. The number of hydrogen-bond donors (Lipinski definition) is 1. The minimum atomic E-state index is -0.378. The second-order valence-electron chi connectivity index (χ2n) is 3.26. The van der Waals surface area contributed by atoms with Crippen LogP contribution < -0.4 is 0 Å². The summed E-state index contributed by atoms with van der Waals surface area (Å²) in [4.78, 5) is 12.1. The fourth-order valence-electron chi connectivity index (χ4n) is 1.38. The zero-order chi connectivity index (χ0) is 11.7. The van der Waals surface area contributed by atoms with Gasteiger partial charge >= 0.3 is 0 Å². The van der Waals surface area contributed by atoms with Gasteiger partial charge in [0.1, 0.15) is 12.1 Å². The molecule has 3 aromatic heterocycles. The molecule has 3 aromatic rings. The van der Waals surface area contributed by atoms with E-state index in [0.717, 1.165) is 6.20 Å². The Morgan fingerprint density at radius 2 is 2.24 bits per heavy atom. The van der Waals surface area contributed by atoms with Gasteiger partial charge in [-0.3, -0.25) is 10.1 Å². The number of rotatable bonds is 2. The summed E-state index contributed by atoms with van der Waals surface area (Å²) in [5.74, 6) is 0.224. The summed E-state index contributed by atoms with van der Waals surface area (Å²) < 4.78 is 13.0. The smallest absolute Gasteiger partial charge is 0.184 e. The van der Waals surface area contributed by atoms with Crippen LogP contribution in [0.5, 0.6) is 0 Å². The molecular weight excluding hydrogens is 241 g/mol. The highest BCUT2D eigenvalue weighted by atomic mass is 32.1. The quantitative estimate of drug-likeness (QED) is 0.753. The van der Waals surface area contributed by atoms with Gasteiger partial charge in [0, 0.05) is 17.1 Å². The Kier molecular flexibility index (Phi) is 2.37. The molecule has 17 heavy (non-hydrogen) atoms. The van der Waals surface area contributed by atoms with Crippen LogP contribution in [0.15, 0.2) is 30.2 Å². The van der Waals surface area contributed by atoms with Crippen molar-refractivity contribution in [3.05, 3.63) is 36.0 Å². The Balaban J connectivity index is 2.01. The lowest BCUT2D eigenvalue weighted by atomic mass is 10.2. The molecular formula is C10H6FN5S. The third-order valence-electron chi connectivity index (χ3n) is 2.12. The minimum absolute atomic E-state index is 0.378. The molecule has 0 saturated heterocycles. The third kappa shape index (κ3) is 1.92. The first-order chi connectivity index (χ1) is 8.33. The summed E-state index contributed by atoms with van der Waals surface area (Å²) in [6.07, 6.45) is 4.15. The first kappa shape index (κ1) is 10.0. The number of aromatic amines is 1. The van der Waals surface area contributed by atoms with E-state index in [-0.39, 0.29) is 5.82 Å². The van der Waals surface area contributed by atoms with E-state index in [1.807, 2.05) is 5.38 Å². The highest BCUT2D eigenvalue weighted by Crippen LogP contribution is 2.26. The van der Waals surface area contributed by atoms with Gasteiger partial charge in [0.25, 0.3) is 0 Å². The number of aromatic nitrogens is 5. The molecule has 3 rings (SSSR count). The van der Waals surface area contributed by atoms with E-state index in [1.54, 1.807) is 6.20 Å². The minimum Gasteiger partial charge on any atom is -0.261 e. The second-order valence-corrected chi connectivity index (χ2v) is 4.12. The van der Waals surface area contributed by atoms with E-state index in [1.165, 1.54) is 23.7 Å². The van der Waals surface area contributed by atoms with Crippen LogP contribution in [0, 0.1) is 5.82 Å². The van der Waals surface area contributed by atoms with E-state index < -0.39 is 0 Å². The van der Waals surface area contributed by atoms with Gasteiger partial charge in [-0.25, -0.2) is 14.4 Å². The van der Waals surface area contributed by atoms with Crippen molar-refractivity contribution >= 4 is 11.3 Å². The van der Waals surface area contributed by atoms with Crippen LogP contribution in [0.2, 0.25) is 0 Å². The van der Waals surface area contributed by atoms with Gasteiger partial charge < -0.3 is 0 Å². The van der Waals surface area contributed by atoms with Crippen molar-refractivity contribution in [3.8, 4) is 22.1 Å². The molecule has 0 aliphatic rings. The van der Waals surface area contributed by atoms with Gasteiger partial charge in [-0.2, -0.15) is 5.10 Å². The number of H-pyrrole nitrogens is 1. The standard InChI is InChI=1S/C10H6FN5S/c11-7-1-6(2-12-3-7)8-4-17-10(15-8)9-13-5-14-16-9/h1-5H,(H,13,14,16). The van der Waals surface area contributed by atoms with Gasteiger partial charge in [-0.1, -0.05) is 0 Å². The summed E-state index contributed by atoms with van der Waals surface area (Å²) in [5, 5.41) is 9.02.